The van der Waals surface area contributed by atoms with Gasteiger partial charge in [-0.25, -0.2) is 9.59 Å². The van der Waals surface area contributed by atoms with Gasteiger partial charge >= 0.3 is 11.9 Å². The Morgan fingerprint density at radius 2 is 1.89 bits per heavy atom. The smallest absolute Gasteiger partial charge is 0.338 e. The molecule has 1 aliphatic rings. The molecule has 1 aromatic rings. The molecule has 7 nitrogen and oxygen atoms in total. The SMILES string of the molecule is COC(=O)[C@@H](Cc1ccc(C(=O)OC(C)(C)C)cc1)NC(=O)[C@H]1CCOC1. The molecule has 2 rings (SSSR count). The maximum absolute atomic E-state index is 12.3. The molecular formula is C20H27NO6. The van der Waals surface area contributed by atoms with Crippen LogP contribution in [0.1, 0.15) is 43.1 Å². The van der Waals surface area contributed by atoms with E-state index in [9.17, 15) is 14.4 Å². The number of rotatable bonds is 6. The Labute approximate surface area is 159 Å². The van der Waals surface area contributed by atoms with E-state index < -0.39 is 23.6 Å². The van der Waals surface area contributed by atoms with Crippen LogP contribution in [-0.2, 0) is 30.2 Å². The van der Waals surface area contributed by atoms with Crippen molar-refractivity contribution in [2.45, 2.75) is 45.3 Å². The maximum Gasteiger partial charge on any atom is 0.338 e. The summed E-state index contributed by atoms with van der Waals surface area (Å²) in [6.07, 6.45) is 0.908. The molecular weight excluding hydrogens is 350 g/mol. The number of methoxy groups -OCH3 is 1. The fourth-order valence-corrected chi connectivity index (χ4v) is 2.72. The van der Waals surface area contributed by atoms with E-state index in [4.69, 9.17) is 14.2 Å². The van der Waals surface area contributed by atoms with E-state index in [1.165, 1.54) is 7.11 Å². The third-order valence-corrected chi connectivity index (χ3v) is 4.13. The lowest BCUT2D eigenvalue weighted by atomic mass is 10.0. The molecule has 0 aromatic heterocycles. The van der Waals surface area contributed by atoms with Crippen molar-refractivity contribution in [3.05, 3.63) is 35.4 Å². The molecule has 1 aliphatic heterocycles. The summed E-state index contributed by atoms with van der Waals surface area (Å²) in [6.45, 7) is 6.33. The molecule has 2 atom stereocenters. The molecule has 1 saturated heterocycles. The van der Waals surface area contributed by atoms with Gasteiger partial charge < -0.3 is 19.5 Å². The standard InChI is InChI=1S/C20H27NO6/c1-20(2,3)27-18(23)14-7-5-13(6-8-14)11-16(19(24)25-4)21-17(22)15-9-10-26-12-15/h5-8,15-16H,9-12H2,1-4H3,(H,21,22)/t15-,16+/m0/s1. The first kappa shape index (κ1) is 20.9. The number of carbonyl (C=O) groups excluding carboxylic acids is 3. The highest BCUT2D eigenvalue weighted by atomic mass is 16.6. The fraction of sp³-hybridized carbons (Fsp3) is 0.550. The minimum absolute atomic E-state index is 0.215. The quantitative estimate of drug-likeness (QED) is 0.761. The Morgan fingerprint density at radius 1 is 1.22 bits per heavy atom. The van der Waals surface area contributed by atoms with Crippen molar-refractivity contribution in [3.63, 3.8) is 0 Å². The van der Waals surface area contributed by atoms with Gasteiger partial charge in [0, 0.05) is 13.0 Å². The Morgan fingerprint density at radius 3 is 2.41 bits per heavy atom. The minimum Gasteiger partial charge on any atom is -0.467 e. The molecule has 1 fully saturated rings. The first-order valence-electron chi connectivity index (χ1n) is 8.98. The van der Waals surface area contributed by atoms with Gasteiger partial charge in [0.15, 0.2) is 0 Å². The second-order valence-electron chi connectivity index (χ2n) is 7.55. The second-order valence-corrected chi connectivity index (χ2v) is 7.55. The lowest BCUT2D eigenvalue weighted by molar-refractivity contribution is -0.145. The van der Waals surface area contributed by atoms with Crippen molar-refractivity contribution in [2.24, 2.45) is 5.92 Å². The molecule has 148 valence electrons. The monoisotopic (exact) mass is 377 g/mol. The first-order valence-corrected chi connectivity index (χ1v) is 8.98. The van der Waals surface area contributed by atoms with Gasteiger partial charge in [0.05, 0.1) is 25.2 Å². The zero-order valence-corrected chi connectivity index (χ0v) is 16.2. The number of amides is 1. The summed E-state index contributed by atoms with van der Waals surface area (Å²) in [5.41, 5.74) is 0.649. The van der Waals surface area contributed by atoms with E-state index in [1.54, 1.807) is 45.0 Å². The van der Waals surface area contributed by atoms with Gasteiger partial charge in [-0.15, -0.1) is 0 Å². The van der Waals surface area contributed by atoms with E-state index in [2.05, 4.69) is 5.32 Å². The molecule has 1 aromatic carbocycles. The van der Waals surface area contributed by atoms with Gasteiger partial charge in [-0.05, 0) is 44.9 Å². The Balaban J connectivity index is 2.03. The fourth-order valence-electron chi connectivity index (χ4n) is 2.72. The number of hydrogen-bond donors (Lipinski definition) is 1. The zero-order chi connectivity index (χ0) is 20.0. The molecule has 27 heavy (non-hydrogen) atoms. The molecule has 1 N–H and O–H groups in total. The van der Waals surface area contributed by atoms with Gasteiger partial charge in [0.25, 0.3) is 0 Å². The zero-order valence-electron chi connectivity index (χ0n) is 16.2. The number of ether oxygens (including phenoxy) is 3. The van der Waals surface area contributed by atoms with Crippen molar-refractivity contribution in [1.82, 2.24) is 5.32 Å². The third kappa shape index (κ3) is 6.36. The molecule has 1 amide bonds. The average Bonchev–Trinajstić information content (AvgIpc) is 3.14. The summed E-state index contributed by atoms with van der Waals surface area (Å²) < 4.78 is 15.3. The van der Waals surface area contributed by atoms with Crippen LogP contribution in [0.5, 0.6) is 0 Å². The van der Waals surface area contributed by atoms with E-state index >= 15 is 0 Å². The molecule has 0 aliphatic carbocycles. The predicted octanol–water partition coefficient (Wildman–Crippen LogP) is 1.88. The summed E-state index contributed by atoms with van der Waals surface area (Å²) in [4.78, 5) is 36.4. The van der Waals surface area contributed by atoms with Crippen LogP contribution < -0.4 is 5.32 Å². The molecule has 7 heteroatoms. The van der Waals surface area contributed by atoms with Crippen molar-refractivity contribution >= 4 is 17.8 Å². The van der Waals surface area contributed by atoms with E-state index in [0.717, 1.165) is 5.56 Å². The summed E-state index contributed by atoms with van der Waals surface area (Å²) in [7, 11) is 1.28. The summed E-state index contributed by atoms with van der Waals surface area (Å²) >= 11 is 0. The van der Waals surface area contributed by atoms with Gasteiger partial charge in [-0.1, -0.05) is 12.1 Å². The number of benzene rings is 1. The van der Waals surface area contributed by atoms with Crippen LogP contribution in [0.2, 0.25) is 0 Å². The van der Waals surface area contributed by atoms with Crippen LogP contribution in [0.15, 0.2) is 24.3 Å². The molecule has 0 bridgehead atoms. The van der Waals surface area contributed by atoms with E-state index in [-0.39, 0.29) is 18.2 Å². The average molecular weight is 377 g/mol. The van der Waals surface area contributed by atoms with Gasteiger partial charge in [0.2, 0.25) is 5.91 Å². The molecule has 0 radical (unpaired) electrons. The van der Waals surface area contributed by atoms with Crippen molar-refractivity contribution in [1.29, 1.82) is 0 Å². The number of carbonyl (C=O) groups is 3. The highest BCUT2D eigenvalue weighted by Crippen LogP contribution is 2.15. The first-order chi connectivity index (χ1) is 12.7. The van der Waals surface area contributed by atoms with Crippen LogP contribution in [0, 0.1) is 5.92 Å². The Bertz CT molecular complexity index is 671. The summed E-state index contributed by atoms with van der Waals surface area (Å²) in [5, 5.41) is 2.74. The summed E-state index contributed by atoms with van der Waals surface area (Å²) in [6, 6.07) is 5.96. The Hall–Kier alpha value is -2.41. The van der Waals surface area contributed by atoms with E-state index in [1.807, 2.05) is 0 Å². The third-order valence-electron chi connectivity index (χ3n) is 4.13. The lowest BCUT2D eigenvalue weighted by Gasteiger charge is -2.20. The van der Waals surface area contributed by atoms with Crippen molar-refractivity contribution in [3.8, 4) is 0 Å². The topological polar surface area (TPSA) is 90.9 Å². The molecule has 0 unspecified atom stereocenters. The number of nitrogens with one attached hydrogen (secondary N) is 1. The Kier molecular flexibility index (Phi) is 6.96. The number of esters is 2. The van der Waals surface area contributed by atoms with Crippen LogP contribution >= 0.6 is 0 Å². The maximum atomic E-state index is 12.3. The minimum atomic E-state index is -0.796. The van der Waals surface area contributed by atoms with Crippen LogP contribution in [-0.4, -0.2) is 49.8 Å². The van der Waals surface area contributed by atoms with Crippen molar-refractivity contribution in [2.75, 3.05) is 20.3 Å². The number of hydrogen-bond acceptors (Lipinski definition) is 6. The largest absolute Gasteiger partial charge is 0.467 e. The molecule has 0 saturated carbocycles. The molecule has 0 spiro atoms. The van der Waals surface area contributed by atoms with Crippen LogP contribution in [0.25, 0.3) is 0 Å². The van der Waals surface area contributed by atoms with Crippen LogP contribution in [0.3, 0.4) is 0 Å². The van der Waals surface area contributed by atoms with Gasteiger partial charge in [-0.3, -0.25) is 4.79 Å². The molecule has 1 heterocycles. The highest BCUT2D eigenvalue weighted by Gasteiger charge is 2.29. The van der Waals surface area contributed by atoms with E-state index in [0.29, 0.717) is 25.2 Å². The predicted molar refractivity (Wildman–Crippen MR) is 98.2 cm³/mol. The highest BCUT2D eigenvalue weighted by molar-refractivity contribution is 5.90. The second kappa shape index (κ2) is 8.99. The van der Waals surface area contributed by atoms with Crippen LogP contribution in [0.4, 0.5) is 0 Å². The normalized spacial score (nSPS) is 17.9. The lowest BCUT2D eigenvalue weighted by Crippen LogP contribution is -2.45. The van der Waals surface area contributed by atoms with Gasteiger partial charge in [-0.2, -0.15) is 0 Å². The van der Waals surface area contributed by atoms with Gasteiger partial charge in [0.1, 0.15) is 11.6 Å². The summed E-state index contributed by atoms with van der Waals surface area (Å²) in [5.74, 6) is -1.38. The van der Waals surface area contributed by atoms with Crippen molar-refractivity contribution < 1.29 is 28.6 Å².